The van der Waals surface area contributed by atoms with Crippen molar-refractivity contribution in [1.29, 1.82) is 0 Å². The van der Waals surface area contributed by atoms with Crippen molar-refractivity contribution in [2.75, 3.05) is 13.7 Å². The van der Waals surface area contributed by atoms with E-state index in [-0.39, 0.29) is 24.7 Å². The zero-order valence-electron chi connectivity index (χ0n) is 15.1. The van der Waals surface area contributed by atoms with Crippen molar-refractivity contribution in [3.05, 3.63) is 54.1 Å². The number of rotatable bonds is 8. The predicted octanol–water partition coefficient (Wildman–Crippen LogP) is 3.74. The van der Waals surface area contributed by atoms with Crippen LogP contribution >= 0.6 is 0 Å². The highest BCUT2D eigenvalue weighted by atomic mass is 16.5. The van der Waals surface area contributed by atoms with Gasteiger partial charge in [-0.3, -0.25) is 4.79 Å². The Hall–Kier alpha value is -2.69. The first kappa shape index (κ1) is 18.6. The number of para-hydroxylation sites is 2. The van der Waals surface area contributed by atoms with Gasteiger partial charge in [0.05, 0.1) is 19.3 Å². The van der Waals surface area contributed by atoms with E-state index in [1.807, 2.05) is 57.2 Å². The van der Waals surface area contributed by atoms with Crippen LogP contribution in [0.1, 0.15) is 32.4 Å². The molecule has 0 heterocycles. The van der Waals surface area contributed by atoms with E-state index in [4.69, 9.17) is 14.2 Å². The number of methoxy groups -OCH3 is 1. The molecule has 0 fully saturated rings. The number of ether oxygens (including phenoxy) is 3. The van der Waals surface area contributed by atoms with Gasteiger partial charge >= 0.3 is 0 Å². The number of carbonyl (C=O) groups is 1. The molecule has 134 valence electrons. The Balaban J connectivity index is 1.87. The number of amides is 1. The van der Waals surface area contributed by atoms with Gasteiger partial charge in [0.25, 0.3) is 5.91 Å². The SMILES string of the molecule is COc1ccccc1OCC(=O)NC(C)c1ccc(OC(C)C)cc1. The van der Waals surface area contributed by atoms with Gasteiger partial charge in [-0.2, -0.15) is 0 Å². The summed E-state index contributed by atoms with van der Waals surface area (Å²) in [5.74, 6) is 1.77. The molecule has 0 spiro atoms. The minimum absolute atomic E-state index is 0.0702. The van der Waals surface area contributed by atoms with Crippen LogP contribution < -0.4 is 19.5 Å². The monoisotopic (exact) mass is 343 g/mol. The maximum absolute atomic E-state index is 12.1. The molecule has 2 aromatic carbocycles. The summed E-state index contributed by atoms with van der Waals surface area (Å²) in [7, 11) is 1.57. The van der Waals surface area contributed by atoms with Crippen LogP contribution in [0.5, 0.6) is 17.2 Å². The van der Waals surface area contributed by atoms with E-state index in [1.165, 1.54) is 0 Å². The van der Waals surface area contributed by atoms with E-state index in [0.717, 1.165) is 11.3 Å². The van der Waals surface area contributed by atoms with E-state index >= 15 is 0 Å². The normalized spacial score (nSPS) is 11.7. The minimum atomic E-state index is -0.194. The topological polar surface area (TPSA) is 56.8 Å². The molecular weight excluding hydrogens is 318 g/mol. The summed E-state index contributed by atoms with van der Waals surface area (Å²) in [5.41, 5.74) is 1.00. The lowest BCUT2D eigenvalue weighted by Gasteiger charge is -2.16. The van der Waals surface area contributed by atoms with Gasteiger partial charge in [0.15, 0.2) is 18.1 Å². The smallest absolute Gasteiger partial charge is 0.258 e. The third kappa shape index (κ3) is 5.71. The summed E-state index contributed by atoms with van der Waals surface area (Å²) < 4.78 is 16.4. The van der Waals surface area contributed by atoms with Gasteiger partial charge in [0, 0.05) is 0 Å². The molecule has 0 aliphatic heterocycles. The summed E-state index contributed by atoms with van der Waals surface area (Å²) in [6.45, 7) is 5.83. The molecule has 0 aliphatic rings. The molecule has 2 rings (SSSR count). The Morgan fingerprint density at radius 1 is 1.00 bits per heavy atom. The Kier molecular flexibility index (Phi) is 6.69. The first-order valence-electron chi connectivity index (χ1n) is 8.31. The lowest BCUT2D eigenvalue weighted by Crippen LogP contribution is -2.31. The number of benzene rings is 2. The van der Waals surface area contributed by atoms with Crippen molar-refractivity contribution >= 4 is 5.91 Å². The van der Waals surface area contributed by atoms with Crippen LogP contribution in [-0.2, 0) is 4.79 Å². The quantitative estimate of drug-likeness (QED) is 0.793. The largest absolute Gasteiger partial charge is 0.493 e. The van der Waals surface area contributed by atoms with Gasteiger partial charge in [-0.25, -0.2) is 0 Å². The number of hydrogen-bond acceptors (Lipinski definition) is 4. The van der Waals surface area contributed by atoms with E-state index in [0.29, 0.717) is 11.5 Å². The molecule has 0 aromatic heterocycles. The zero-order valence-corrected chi connectivity index (χ0v) is 15.1. The Morgan fingerprint density at radius 3 is 2.24 bits per heavy atom. The highest BCUT2D eigenvalue weighted by Crippen LogP contribution is 2.25. The second-order valence-corrected chi connectivity index (χ2v) is 5.96. The molecule has 0 bridgehead atoms. The number of carbonyl (C=O) groups excluding carboxylic acids is 1. The van der Waals surface area contributed by atoms with E-state index < -0.39 is 0 Å². The standard InChI is InChI=1S/C20H25NO4/c1-14(2)25-17-11-9-16(10-12-17)15(3)21-20(22)13-24-19-8-6-5-7-18(19)23-4/h5-12,14-15H,13H2,1-4H3,(H,21,22). The maximum Gasteiger partial charge on any atom is 0.258 e. The molecule has 2 aromatic rings. The van der Waals surface area contributed by atoms with Crippen molar-refractivity contribution < 1.29 is 19.0 Å². The number of nitrogens with one attached hydrogen (secondary N) is 1. The molecule has 1 unspecified atom stereocenters. The molecular formula is C20H25NO4. The Bertz CT molecular complexity index is 682. The molecule has 0 radical (unpaired) electrons. The fraction of sp³-hybridized carbons (Fsp3) is 0.350. The van der Waals surface area contributed by atoms with Crippen LogP contribution in [0.15, 0.2) is 48.5 Å². The lowest BCUT2D eigenvalue weighted by atomic mass is 10.1. The van der Waals surface area contributed by atoms with Gasteiger partial charge in [-0.1, -0.05) is 24.3 Å². The first-order chi connectivity index (χ1) is 12.0. The van der Waals surface area contributed by atoms with E-state index in [2.05, 4.69) is 5.32 Å². The predicted molar refractivity (Wildman–Crippen MR) is 97.3 cm³/mol. The molecule has 25 heavy (non-hydrogen) atoms. The van der Waals surface area contributed by atoms with Crippen LogP contribution in [0, 0.1) is 0 Å². The summed E-state index contributed by atoms with van der Waals surface area (Å²) in [6.07, 6.45) is 0.134. The maximum atomic E-state index is 12.1. The van der Waals surface area contributed by atoms with Gasteiger partial charge in [0.1, 0.15) is 5.75 Å². The molecule has 0 aliphatic carbocycles. The fourth-order valence-electron chi connectivity index (χ4n) is 2.36. The van der Waals surface area contributed by atoms with Gasteiger partial charge < -0.3 is 19.5 Å². The Morgan fingerprint density at radius 2 is 1.64 bits per heavy atom. The molecule has 5 nitrogen and oxygen atoms in total. The summed E-state index contributed by atoms with van der Waals surface area (Å²) in [5, 5.41) is 2.92. The van der Waals surface area contributed by atoms with Gasteiger partial charge in [-0.15, -0.1) is 0 Å². The van der Waals surface area contributed by atoms with Crippen molar-refractivity contribution in [2.45, 2.75) is 32.9 Å². The molecule has 5 heteroatoms. The van der Waals surface area contributed by atoms with Crippen LogP contribution in [0.2, 0.25) is 0 Å². The van der Waals surface area contributed by atoms with Crippen LogP contribution in [0.3, 0.4) is 0 Å². The Labute approximate surface area is 148 Å². The molecule has 0 saturated carbocycles. The van der Waals surface area contributed by atoms with Crippen LogP contribution in [0.25, 0.3) is 0 Å². The van der Waals surface area contributed by atoms with E-state index in [1.54, 1.807) is 19.2 Å². The fourth-order valence-corrected chi connectivity index (χ4v) is 2.36. The molecule has 1 atom stereocenters. The second kappa shape index (κ2) is 8.97. The first-order valence-corrected chi connectivity index (χ1v) is 8.31. The van der Waals surface area contributed by atoms with Crippen molar-refractivity contribution in [3.8, 4) is 17.2 Å². The summed E-state index contributed by atoms with van der Waals surface area (Å²) >= 11 is 0. The molecule has 0 saturated heterocycles. The minimum Gasteiger partial charge on any atom is -0.493 e. The zero-order chi connectivity index (χ0) is 18.2. The van der Waals surface area contributed by atoms with Gasteiger partial charge in [-0.05, 0) is 50.6 Å². The third-order valence-corrected chi connectivity index (χ3v) is 3.56. The third-order valence-electron chi connectivity index (χ3n) is 3.56. The summed E-state index contributed by atoms with van der Waals surface area (Å²) in [6, 6.07) is 14.8. The van der Waals surface area contributed by atoms with Crippen molar-refractivity contribution in [2.24, 2.45) is 0 Å². The summed E-state index contributed by atoms with van der Waals surface area (Å²) in [4.78, 5) is 12.1. The molecule has 1 amide bonds. The van der Waals surface area contributed by atoms with Crippen molar-refractivity contribution in [1.82, 2.24) is 5.32 Å². The van der Waals surface area contributed by atoms with Gasteiger partial charge in [0.2, 0.25) is 0 Å². The van der Waals surface area contributed by atoms with E-state index in [9.17, 15) is 4.79 Å². The highest BCUT2D eigenvalue weighted by molar-refractivity contribution is 5.78. The van der Waals surface area contributed by atoms with Crippen LogP contribution in [-0.4, -0.2) is 25.7 Å². The molecule has 1 N–H and O–H groups in total. The highest BCUT2D eigenvalue weighted by Gasteiger charge is 2.12. The average Bonchev–Trinajstić information content (AvgIpc) is 2.60. The average molecular weight is 343 g/mol. The number of hydrogen-bond donors (Lipinski definition) is 1. The van der Waals surface area contributed by atoms with Crippen LogP contribution in [0.4, 0.5) is 0 Å². The lowest BCUT2D eigenvalue weighted by molar-refractivity contribution is -0.123. The second-order valence-electron chi connectivity index (χ2n) is 5.96. The van der Waals surface area contributed by atoms with Crippen molar-refractivity contribution in [3.63, 3.8) is 0 Å².